The Balaban J connectivity index is 1.55. The van der Waals surface area contributed by atoms with Crippen molar-refractivity contribution in [2.24, 2.45) is 0 Å². The van der Waals surface area contributed by atoms with Crippen molar-refractivity contribution in [3.63, 3.8) is 0 Å². The van der Waals surface area contributed by atoms with Crippen molar-refractivity contribution in [3.05, 3.63) is 87.8 Å². The van der Waals surface area contributed by atoms with E-state index in [0.717, 1.165) is 16.8 Å². The standard InChI is InChI=1S/C21H19N3O3/c1-14-10-11-19(25)24(23-14)13-12-22-21(26)20-15-6-2-4-8-17(15)27-18-9-5-3-7-16(18)20/h2-11,20H,12-13H2,1H3,(H,22,26). The van der Waals surface area contributed by atoms with E-state index in [4.69, 9.17) is 4.74 Å². The van der Waals surface area contributed by atoms with E-state index in [1.165, 1.54) is 10.7 Å². The van der Waals surface area contributed by atoms with Gasteiger partial charge in [-0.25, -0.2) is 4.68 Å². The number of benzene rings is 2. The Morgan fingerprint density at radius 3 is 2.33 bits per heavy atom. The average molecular weight is 361 g/mol. The van der Waals surface area contributed by atoms with Crippen LogP contribution in [0.15, 0.2) is 65.5 Å². The lowest BCUT2D eigenvalue weighted by Gasteiger charge is -2.27. The van der Waals surface area contributed by atoms with Gasteiger partial charge in [-0.2, -0.15) is 5.10 Å². The number of nitrogens with one attached hydrogen (secondary N) is 1. The third-order valence-electron chi connectivity index (χ3n) is 4.56. The van der Waals surface area contributed by atoms with Gasteiger partial charge in [-0.05, 0) is 25.1 Å². The zero-order valence-corrected chi connectivity index (χ0v) is 14.9. The molecule has 1 aromatic heterocycles. The van der Waals surface area contributed by atoms with Crippen LogP contribution in [0.5, 0.6) is 11.5 Å². The quantitative estimate of drug-likeness (QED) is 0.775. The number of aromatic nitrogens is 2. The van der Waals surface area contributed by atoms with Crippen LogP contribution in [0.25, 0.3) is 0 Å². The predicted octanol–water partition coefficient (Wildman–Crippen LogP) is 2.61. The Morgan fingerprint density at radius 2 is 1.67 bits per heavy atom. The van der Waals surface area contributed by atoms with Crippen LogP contribution >= 0.6 is 0 Å². The number of hydrogen-bond acceptors (Lipinski definition) is 4. The second kappa shape index (κ2) is 7.07. The monoisotopic (exact) mass is 361 g/mol. The molecule has 6 heteroatoms. The molecule has 0 fully saturated rings. The summed E-state index contributed by atoms with van der Waals surface area (Å²) in [7, 11) is 0. The van der Waals surface area contributed by atoms with E-state index in [9.17, 15) is 9.59 Å². The zero-order chi connectivity index (χ0) is 18.8. The molecule has 0 spiro atoms. The lowest BCUT2D eigenvalue weighted by Crippen LogP contribution is -2.35. The molecule has 0 saturated carbocycles. The number of para-hydroxylation sites is 2. The molecule has 1 N–H and O–H groups in total. The van der Waals surface area contributed by atoms with Crippen LogP contribution in [-0.2, 0) is 11.3 Å². The number of amides is 1. The van der Waals surface area contributed by atoms with E-state index >= 15 is 0 Å². The molecular weight excluding hydrogens is 342 g/mol. The van der Waals surface area contributed by atoms with Gasteiger partial charge in [0.2, 0.25) is 5.91 Å². The van der Waals surface area contributed by atoms with Crippen molar-refractivity contribution in [1.82, 2.24) is 15.1 Å². The Hall–Kier alpha value is -3.41. The maximum absolute atomic E-state index is 13.0. The van der Waals surface area contributed by atoms with Gasteiger partial charge in [-0.1, -0.05) is 36.4 Å². The summed E-state index contributed by atoms with van der Waals surface area (Å²) in [6.07, 6.45) is 0. The van der Waals surface area contributed by atoms with Crippen molar-refractivity contribution >= 4 is 5.91 Å². The summed E-state index contributed by atoms with van der Waals surface area (Å²) in [6.45, 7) is 2.46. The minimum absolute atomic E-state index is 0.126. The molecule has 0 saturated heterocycles. The Kier molecular flexibility index (Phi) is 4.46. The Morgan fingerprint density at radius 1 is 1.04 bits per heavy atom. The predicted molar refractivity (Wildman–Crippen MR) is 101 cm³/mol. The van der Waals surface area contributed by atoms with E-state index in [1.54, 1.807) is 6.07 Å². The molecule has 27 heavy (non-hydrogen) atoms. The van der Waals surface area contributed by atoms with E-state index < -0.39 is 5.92 Å². The van der Waals surface area contributed by atoms with Gasteiger partial charge in [0.1, 0.15) is 11.5 Å². The highest BCUT2D eigenvalue weighted by Gasteiger charge is 2.32. The first-order valence-corrected chi connectivity index (χ1v) is 8.81. The van der Waals surface area contributed by atoms with Crippen LogP contribution in [0, 0.1) is 6.92 Å². The highest BCUT2D eigenvalue weighted by molar-refractivity contribution is 5.89. The van der Waals surface area contributed by atoms with Crippen molar-refractivity contribution in [2.45, 2.75) is 19.4 Å². The molecule has 1 amide bonds. The summed E-state index contributed by atoms with van der Waals surface area (Å²) < 4.78 is 7.29. The molecule has 1 aliphatic rings. The van der Waals surface area contributed by atoms with Crippen LogP contribution in [0.1, 0.15) is 22.7 Å². The first-order valence-electron chi connectivity index (χ1n) is 8.81. The molecule has 0 radical (unpaired) electrons. The fourth-order valence-electron chi connectivity index (χ4n) is 3.29. The maximum atomic E-state index is 13.0. The van der Waals surface area contributed by atoms with Crippen LogP contribution in [0.3, 0.4) is 0 Å². The molecule has 0 atom stereocenters. The fourth-order valence-corrected chi connectivity index (χ4v) is 3.29. The van der Waals surface area contributed by atoms with Gasteiger partial charge < -0.3 is 10.1 Å². The normalized spacial score (nSPS) is 12.6. The van der Waals surface area contributed by atoms with E-state index in [0.29, 0.717) is 24.6 Å². The number of rotatable bonds is 4. The van der Waals surface area contributed by atoms with Crippen molar-refractivity contribution in [3.8, 4) is 11.5 Å². The molecule has 3 aromatic rings. The zero-order valence-electron chi connectivity index (χ0n) is 14.9. The number of carbonyl (C=O) groups excluding carboxylic acids is 1. The molecule has 6 nitrogen and oxygen atoms in total. The SMILES string of the molecule is Cc1ccc(=O)n(CCNC(=O)C2c3ccccc3Oc3ccccc32)n1. The molecule has 2 aromatic carbocycles. The average Bonchev–Trinajstić information content (AvgIpc) is 2.68. The van der Waals surface area contributed by atoms with Crippen LogP contribution in [0.4, 0.5) is 0 Å². The van der Waals surface area contributed by atoms with Crippen LogP contribution in [0.2, 0.25) is 0 Å². The van der Waals surface area contributed by atoms with Gasteiger partial charge >= 0.3 is 0 Å². The smallest absolute Gasteiger partial charge is 0.266 e. The van der Waals surface area contributed by atoms with Gasteiger partial charge in [-0.15, -0.1) is 0 Å². The van der Waals surface area contributed by atoms with Gasteiger partial charge in [0.15, 0.2) is 0 Å². The van der Waals surface area contributed by atoms with Gasteiger partial charge in [-0.3, -0.25) is 9.59 Å². The number of hydrogen-bond donors (Lipinski definition) is 1. The molecular formula is C21H19N3O3. The maximum Gasteiger partial charge on any atom is 0.266 e. The first kappa shape index (κ1) is 17.0. The number of nitrogens with zero attached hydrogens (tertiary/aromatic N) is 2. The van der Waals surface area contributed by atoms with Gasteiger partial charge in [0.05, 0.1) is 18.2 Å². The number of ether oxygens (including phenoxy) is 1. The molecule has 0 aliphatic carbocycles. The second-order valence-electron chi connectivity index (χ2n) is 6.44. The summed E-state index contributed by atoms with van der Waals surface area (Å²) in [6, 6.07) is 18.3. The summed E-state index contributed by atoms with van der Waals surface area (Å²) in [5, 5.41) is 7.12. The number of carbonyl (C=O) groups is 1. The van der Waals surface area contributed by atoms with Crippen molar-refractivity contribution < 1.29 is 9.53 Å². The lowest BCUT2D eigenvalue weighted by molar-refractivity contribution is -0.121. The van der Waals surface area contributed by atoms with E-state index in [2.05, 4.69) is 10.4 Å². The van der Waals surface area contributed by atoms with Crippen LogP contribution in [-0.4, -0.2) is 22.2 Å². The highest BCUT2D eigenvalue weighted by atomic mass is 16.5. The van der Waals surface area contributed by atoms with Crippen molar-refractivity contribution in [2.75, 3.05) is 6.54 Å². The summed E-state index contributed by atoms with van der Waals surface area (Å²) in [5.74, 6) is 0.799. The van der Waals surface area contributed by atoms with Gasteiger partial charge in [0, 0.05) is 23.7 Å². The molecule has 0 bridgehead atoms. The van der Waals surface area contributed by atoms with E-state index in [-0.39, 0.29) is 11.5 Å². The minimum atomic E-state index is -0.451. The summed E-state index contributed by atoms with van der Waals surface area (Å²) >= 11 is 0. The molecule has 2 heterocycles. The largest absolute Gasteiger partial charge is 0.457 e. The fraction of sp³-hybridized carbons (Fsp3) is 0.190. The molecule has 0 unspecified atom stereocenters. The third kappa shape index (κ3) is 3.33. The molecule has 1 aliphatic heterocycles. The first-order chi connectivity index (χ1) is 13.1. The van der Waals surface area contributed by atoms with E-state index in [1.807, 2.05) is 55.5 Å². The Bertz CT molecular complexity index is 1010. The summed E-state index contributed by atoms with van der Waals surface area (Å²) in [4.78, 5) is 24.8. The minimum Gasteiger partial charge on any atom is -0.457 e. The topological polar surface area (TPSA) is 73.2 Å². The second-order valence-corrected chi connectivity index (χ2v) is 6.44. The molecule has 4 rings (SSSR count). The highest BCUT2D eigenvalue weighted by Crippen LogP contribution is 2.43. The lowest BCUT2D eigenvalue weighted by atomic mass is 9.87. The third-order valence-corrected chi connectivity index (χ3v) is 4.56. The number of aryl methyl sites for hydroxylation is 1. The summed E-state index contributed by atoms with van der Waals surface area (Å²) in [5.41, 5.74) is 2.24. The van der Waals surface area contributed by atoms with Crippen molar-refractivity contribution in [1.29, 1.82) is 0 Å². The van der Waals surface area contributed by atoms with Gasteiger partial charge in [0.25, 0.3) is 5.56 Å². The number of fused-ring (bicyclic) bond motifs is 2. The van der Waals surface area contributed by atoms with Crippen LogP contribution < -0.4 is 15.6 Å². The Labute approximate surface area is 156 Å². The molecule has 136 valence electrons.